The molecule has 0 aliphatic carbocycles. The molecule has 1 aromatic carbocycles. The van der Waals surface area contributed by atoms with Crippen LogP contribution in [0.5, 0.6) is 0 Å². The molecule has 3 N–H and O–H groups in total. The summed E-state index contributed by atoms with van der Waals surface area (Å²) in [6, 6.07) is 7.50. The largest absolute Gasteiger partial charge is 0.435 e. The lowest BCUT2D eigenvalue weighted by Gasteiger charge is -2.19. The van der Waals surface area contributed by atoms with Gasteiger partial charge in [0, 0.05) is 6.54 Å². The first-order valence-corrected chi connectivity index (χ1v) is 6.32. The summed E-state index contributed by atoms with van der Waals surface area (Å²) in [5.74, 6) is 0. The summed E-state index contributed by atoms with van der Waals surface area (Å²) < 4.78 is 39.6. The minimum absolute atomic E-state index is 0.0651. The number of benzene rings is 1. The van der Waals surface area contributed by atoms with Crippen molar-refractivity contribution in [3.63, 3.8) is 0 Å². The van der Waals surface area contributed by atoms with Crippen molar-refractivity contribution in [1.29, 1.82) is 0 Å². The monoisotopic (exact) mass is 299 g/mol. The van der Waals surface area contributed by atoms with Crippen LogP contribution in [0.4, 0.5) is 13.2 Å². The molecule has 0 aliphatic heterocycles. The van der Waals surface area contributed by atoms with E-state index in [0.717, 1.165) is 16.3 Å². The highest BCUT2D eigenvalue weighted by Crippen LogP contribution is 2.32. The van der Waals surface area contributed by atoms with Gasteiger partial charge in [0.1, 0.15) is 5.60 Å². The van der Waals surface area contributed by atoms with Crippen molar-refractivity contribution in [3.8, 4) is 5.69 Å². The van der Waals surface area contributed by atoms with E-state index in [1.165, 1.54) is 13.8 Å². The minimum atomic E-state index is -4.57. The smallest absolute Gasteiger partial charge is 0.384 e. The van der Waals surface area contributed by atoms with E-state index in [1.54, 1.807) is 24.3 Å². The Bertz CT molecular complexity index is 624. The first-order chi connectivity index (χ1) is 9.63. The van der Waals surface area contributed by atoms with Crippen LogP contribution < -0.4 is 5.73 Å². The zero-order chi connectivity index (χ0) is 15.8. The summed E-state index contributed by atoms with van der Waals surface area (Å²) in [5.41, 5.74) is 4.34. The number of alkyl halides is 3. The van der Waals surface area contributed by atoms with Gasteiger partial charge in [0.05, 0.1) is 11.4 Å². The summed E-state index contributed by atoms with van der Waals surface area (Å²) in [7, 11) is 0. The lowest BCUT2D eigenvalue weighted by molar-refractivity contribution is -0.141. The van der Waals surface area contributed by atoms with Crippen LogP contribution in [-0.2, 0) is 18.3 Å². The van der Waals surface area contributed by atoms with E-state index in [2.05, 4.69) is 5.10 Å². The standard InChI is InChI=1S/C14H16F3N3O/c1-13(2,21)12-7-11(14(15,16)17)19-20(12)10-5-3-9(8-18)4-6-10/h3-7,21H,8,18H2,1-2H3. The average Bonchev–Trinajstić information content (AvgIpc) is 2.83. The quantitative estimate of drug-likeness (QED) is 0.915. The van der Waals surface area contributed by atoms with Crippen LogP contribution >= 0.6 is 0 Å². The van der Waals surface area contributed by atoms with Crippen LogP contribution in [-0.4, -0.2) is 14.9 Å². The van der Waals surface area contributed by atoms with Gasteiger partial charge in [0.2, 0.25) is 0 Å². The molecule has 0 saturated carbocycles. The van der Waals surface area contributed by atoms with Crippen LogP contribution in [0.1, 0.15) is 30.8 Å². The Morgan fingerprint density at radius 2 is 1.76 bits per heavy atom. The molecule has 114 valence electrons. The van der Waals surface area contributed by atoms with Crippen LogP contribution in [0, 0.1) is 0 Å². The van der Waals surface area contributed by atoms with Gasteiger partial charge in [-0.25, -0.2) is 4.68 Å². The molecule has 7 heteroatoms. The number of aliphatic hydroxyl groups is 1. The van der Waals surface area contributed by atoms with Crippen molar-refractivity contribution in [2.75, 3.05) is 0 Å². The lowest BCUT2D eigenvalue weighted by atomic mass is 10.0. The summed E-state index contributed by atoms with van der Waals surface area (Å²) in [5, 5.41) is 13.6. The zero-order valence-electron chi connectivity index (χ0n) is 11.6. The van der Waals surface area contributed by atoms with Gasteiger partial charge in [-0.2, -0.15) is 18.3 Å². The SMILES string of the molecule is CC(C)(O)c1cc(C(F)(F)F)nn1-c1ccc(CN)cc1. The van der Waals surface area contributed by atoms with Crippen LogP contribution in [0.2, 0.25) is 0 Å². The number of rotatable bonds is 3. The van der Waals surface area contributed by atoms with Gasteiger partial charge < -0.3 is 10.8 Å². The normalized spacial score (nSPS) is 12.7. The molecule has 2 aromatic rings. The fourth-order valence-corrected chi connectivity index (χ4v) is 1.93. The molecule has 1 aromatic heterocycles. The Hall–Kier alpha value is -1.86. The molecule has 0 fully saturated rings. The Labute approximate surface area is 120 Å². The third-order valence-corrected chi connectivity index (χ3v) is 3.04. The molecule has 0 radical (unpaired) electrons. The molecule has 0 amide bonds. The van der Waals surface area contributed by atoms with Crippen LogP contribution in [0.25, 0.3) is 5.69 Å². The van der Waals surface area contributed by atoms with E-state index in [-0.39, 0.29) is 5.69 Å². The molecule has 0 spiro atoms. The second kappa shape index (κ2) is 5.16. The Balaban J connectivity index is 2.57. The van der Waals surface area contributed by atoms with Crippen LogP contribution in [0.3, 0.4) is 0 Å². The predicted octanol–water partition coefficient (Wildman–Crippen LogP) is 2.58. The molecule has 0 unspecified atom stereocenters. The van der Waals surface area contributed by atoms with Crippen molar-refractivity contribution in [1.82, 2.24) is 9.78 Å². The van der Waals surface area contributed by atoms with Gasteiger partial charge in [0.25, 0.3) is 0 Å². The molecule has 0 aliphatic rings. The topological polar surface area (TPSA) is 64.1 Å². The third kappa shape index (κ3) is 3.25. The molecule has 21 heavy (non-hydrogen) atoms. The van der Waals surface area contributed by atoms with E-state index in [4.69, 9.17) is 5.73 Å². The number of nitrogens with zero attached hydrogens (tertiary/aromatic N) is 2. The maximum atomic E-state index is 12.8. The first kappa shape index (κ1) is 15.5. The fourth-order valence-electron chi connectivity index (χ4n) is 1.93. The summed E-state index contributed by atoms with van der Waals surface area (Å²) in [6.07, 6.45) is -4.57. The molecular formula is C14H16F3N3O. The highest BCUT2D eigenvalue weighted by Gasteiger charge is 2.37. The van der Waals surface area contributed by atoms with Crippen molar-refractivity contribution in [2.45, 2.75) is 32.2 Å². The molecule has 1 heterocycles. The van der Waals surface area contributed by atoms with E-state index < -0.39 is 17.5 Å². The number of hydrogen-bond acceptors (Lipinski definition) is 3. The minimum Gasteiger partial charge on any atom is -0.384 e. The maximum absolute atomic E-state index is 12.8. The molecule has 0 saturated heterocycles. The van der Waals surface area contributed by atoms with E-state index >= 15 is 0 Å². The van der Waals surface area contributed by atoms with E-state index in [0.29, 0.717) is 12.2 Å². The average molecular weight is 299 g/mol. The number of hydrogen-bond donors (Lipinski definition) is 2. The van der Waals surface area contributed by atoms with Gasteiger partial charge in [-0.15, -0.1) is 0 Å². The van der Waals surface area contributed by atoms with Crippen LogP contribution in [0.15, 0.2) is 30.3 Å². The zero-order valence-corrected chi connectivity index (χ0v) is 11.6. The molecule has 4 nitrogen and oxygen atoms in total. The lowest BCUT2D eigenvalue weighted by Crippen LogP contribution is -2.20. The number of nitrogens with two attached hydrogens (primary N) is 1. The fraction of sp³-hybridized carbons (Fsp3) is 0.357. The Morgan fingerprint density at radius 1 is 1.19 bits per heavy atom. The van der Waals surface area contributed by atoms with Gasteiger partial charge in [-0.3, -0.25) is 0 Å². The summed E-state index contributed by atoms with van der Waals surface area (Å²) >= 11 is 0. The van der Waals surface area contributed by atoms with E-state index in [9.17, 15) is 18.3 Å². The highest BCUT2D eigenvalue weighted by atomic mass is 19.4. The molecule has 0 bridgehead atoms. The molecule has 2 rings (SSSR count). The number of halogens is 3. The highest BCUT2D eigenvalue weighted by molar-refractivity contribution is 5.37. The molecular weight excluding hydrogens is 283 g/mol. The van der Waals surface area contributed by atoms with Gasteiger partial charge in [0.15, 0.2) is 5.69 Å². The van der Waals surface area contributed by atoms with Crippen molar-refractivity contribution in [3.05, 3.63) is 47.3 Å². The molecule has 0 atom stereocenters. The summed E-state index contributed by atoms with van der Waals surface area (Å²) in [4.78, 5) is 0. The maximum Gasteiger partial charge on any atom is 0.435 e. The second-order valence-electron chi connectivity index (χ2n) is 5.25. The van der Waals surface area contributed by atoms with Crippen molar-refractivity contribution in [2.24, 2.45) is 5.73 Å². The van der Waals surface area contributed by atoms with Crippen molar-refractivity contribution >= 4 is 0 Å². The number of aromatic nitrogens is 2. The summed E-state index contributed by atoms with van der Waals surface area (Å²) in [6.45, 7) is 3.16. The predicted molar refractivity (Wildman–Crippen MR) is 71.7 cm³/mol. The van der Waals surface area contributed by atoms with E-state index in [1.807, 2.05) is 0 Å². The third-order valence-electron chi connectivity index (χ3n) is 3.04. The first-order valence-electron chi connectivity index (χ1n) is 6.32. The van der Waals surface area contributed by atoms with Gasteiger partial charge >= 0.3 is 6.18 Å². The second-order valence-corrected chi connectivity index (χ2v) is 5.25. The van der Waals surface area contributed by atoms with Gasteiger partial charge in [-0.05, 0) is 37.6 Å². The van der Waals surface area contributed by atoms with Crippen molar-refractivity contribution < 1.29 is 18.3 Å². The Kier molecular flexibility index (Phi) is 3.81. The van der Waals surface area contributed by atoms with Gasteiger partial charge in [-0.1, -0.05) is 12.1 Å². The Morgan fingerprint density at radius 3 is 2.19 bits per heavy atom.